The normalized spacial score (nSPS) is 16.5. The lowest BCUT2D eigenvalue weighted by molar-refractivity contribution is -0.918. The number of hydrazone groups is 1. The van der Waals surface area contributed by atoms with E-state index in [0.29, 0.717) is 0 Å². The van der Waals surface area contributed by atoms with Gasteiger partial charge in [0.15, 0.2) is 0 Å². The molecule has 0 amide bonds. The molecule has 27 heavy (non-hydrogen) atoms. The van der Waals surface area contributed by atoms with Gasteiger partial charge in [-0.25, -0.2) is 0 Å². The molecule has 138 valence electrons. The molecule has 1 fully saturated rings. The molecule has 1 aliphatic rings. The van der Waals surface area contributed by atoms with Crippen molar-refractivity contribution in [3.8, 4) is 0 Å². The standard InChI is InChI=1S/C23H25N3O/c1-19(16-22-9-5-15-27-22)17-24-26-13-11-25(12-14-26)18-21-8-4-7-20-6-2-3-10-23(20)21/h2-10,15-17H,11-14,18H2,1H3/p+1/b19-16-,24-17-. The van der Waals surface area contributed by atoms with Crippen LogP contribution in [0.3, 0.4) is 0 Å². The molecule has 1 aromatic heterocycles. The summed E-state index contributed by atoms with van der Waals surface area (Å²) in [6.45, 7) is 7.34. The lowest BCUT2D eigenvalue weighted by Gasteiger charge is -2.30. The largest absolute Gasteiger partial charge is 0.465 e. The molecule has 2 heterocycles. The number of rotatable bonds is 5. The van der Waals surface area contributed by atoms with Crippen molar-refractivity contribution in [2.45, 2.75) is 13.5 Å². The molecule has 0 atom stereocenters. The van der Waals surface area contributed by atoms with Crippen molar-refractivity contribution in [2.75, 3.05) is 26.2 Å². The summed E-state index contributed by atoms with van der Waals surface area (Å²) in [6, 6.07) is 19.2. The highest BCUT2D eigenvalue weighted by atomic mass is 16.3. The number of quaternary nitrogens is 1. The summed E-state index contributed by atoms with van der Waals surface area (Å²) in [7, 11) is 0. The second kappa shape index (κ2) is 8.23. The fourth-order valence-corrected chi connectivity index (χ4v) is 3.63. The zero-order chi connectivity index (χ0) is 18.5. The van der Waals surface area contributed by atoms with Gasteiger partial charge >= 0.3 is 0 Å². The third kappa shape index (κ3) is 4.47. The predicted molar refractivity (Wildman–Crippen MR) is 111 cm³/mol. The molecule has 1 saturated heterocycles. The van der Waals surface area contributed by atoms with Gasteiger partial charge < -0.3 is 9.32 Å². The number of fused-ring (bicyclic) bond motifs is 1. The number of nitrogens with zero attached hydrogens (tertiary/aromatic N) is 2. The summed E-state index contributed by atoms with van der Waals surface area (Å²) in [5.74, 6) is 0.864. The van der Waals surface area contributed by atoms with Gasteiger partial charge in [0, 0.05) is 5.56 Å². The van der Waals surface area contributed by atoms with Crippen molar-refractivity contribution in [3.05, 3.63) is 77.8 Å². The van der Waals surface area contributed by atoms with Crippen LogP contribution in [-0.4, -0.2) is 37.4 Å². The molecule has 1 aliphatic heterocycles. The van der Waals surface area contributed by atoms with Gasteiger partial charge in [-0.2, -0.15) is 5.10 Å². The zero-order valence-corrected chi connectivity index (χ0v) is 15.8. The lowest BCUT2D eigenvalue weighted by atomic mass is 10.0. The topological polar surface area (TPSA) is 33.2 Å². The van der Waals surface area contributed by atoms with E-state index >= 15 is 0 Å². The second-order valence-electron chi connectivity index (χ2n) is 7.17. The Hall–Kier alpha value is -2.85. The van der Waals surface area contributed by atoms with Gasteiger partial charge in [0.2, 0.25) is 0 Å². The van der Waals surface area contributed by atoms with Crippen molar-refractivity contribution in [3.63, 3.8) is 0 Å². The minimum Gasteiger partial charge on any atom is -0.465 e. The maximum absolute atomic E-state index is 5.34. The maximum atomic E-state index is 5.34. The quantitative estimate of drug-likeness (QED) is 0.709. The van der Waals surface area contributed by atoms with E-state index in [-0.39, 0.29) is 0 Å². The molecule has 1 N–H and O–H groups in total. The van der Waals surface area contributed by atoms with Crippen molar-refractivity contribution < 1.29 is 9.32 Å². The first kappa shape index (κ1) is 17.6. The molecule has 4 nitrogen and oxygen atoms in total. The first-order valence-electron chi connectivity index (χ1n) is 9.59. The van der Waals surface area contributed by atoms with Gasteiger partial charge in [-0.15, -0.1) is 0 Å². The van der Waals surface area contributed by atoms with E-state index in [1.54, 1.807) is 11.2 Å². The van der Waals surface area contributed by atoms with Gasteiger partial charge in [0.1, 0.15) is 12.3 Å². The van der Waals surface area contributed by atoms with Crippen LogP contribution in [0.2, 0.25) is 0 Å². The van der Waals surface area contributed by atoms with E-state index in [2.05, 4.69) is 52.6 Å². The maximum Gasteiger partial charge on any atom is 0.126 e. The van der Waals surface area contributed by atoms with Gasteiger partial charge in [-0.05, 0) is 41.5 Å². The molecule has 0 radical (unpaired) electrons. The highest BCUT2D eigenvalue weighted by Gasteiger charge is 2.19. The van der Waals surface area contributed by atoms with Gasteiger partial charge in [-0.1, -0.05) is 42.5 Å². The third-order valence-electron chi connectivity index (χ3n) is 5.11. The average molecular weight is 360 g/mol. The number of allylic oxidation sites excluding steroid dienone is 1. The number of furan rings is 1. The van der Waals surface area contributed by atoms with Crippen LogP contribution < -0.4 is 4.90 Å². The Morgan fingerprint density at radius 1 is 1.07 bits per heavy atom. The van der Waals surface area contributed by atoms with Crippen LogP contribution in [0.15, 0.2) is 76.0 Å². The smallest absolute Gasteiger partial charge is 0.126 e. The first-order chi connectivity index (χ1) is 13.3. The molecule has 0 unspecified atom stereocenters. The van der Waals surface area contributed by atoms with E-state index in [1.807, 2.05) is 31.3 Å². The summed E-state index contributed by atoms with van der Waals surface area (Å²) in [5, 5.41) is 9.52. The summed E-state index contributed by atoms with van der Waals surface area (Å²) in [4.78, 5) is 1.63. The van der Waals surface area contributed by atoms with E-state index in [9.17, 15) is 0 Å². The minimum atomic E-state index is 0.864. The number of nitrogens with one attached hydrogen (secondary N) is 1. The lowest BCUT2D eigenvalue weighted by Crippen LogP contribution is -3.13. The van der Waals surface area contributed by atoms with E-state index in [0.717, 1.165) is 44.1 Å². The number of piperazine rings is 1. The fraction of sp³-hybridized carbons (Fsp3) is 0.261. The number of hydrogen-bond acceptors (Lipinski definition) is 3. The van der Waals surface area contributed by atoms with Crippen LogP contribution in [0.25, 0.3) is 16.8 Å². The minimum absolute atomic E-state index is 0.864. The Kier molecular flexibility index (Phi) is 5.35. The van der Waals surface area contributed by atoms with Crippen LogP contribution in [0.1, 0.15) is 18.2 Å². The molecular weight excluding hydrogens is 334 g/mol. The van der Waals surface area contributed by atoms with Crippen LogP contribution in [0.4, 0.5) is 0 Å². The molecule has 0 spiro atoms. The molecule has 2 aromatic carbocycles. The van der Waals surface area contributed by atoms with Crippen LogP contribution in [0, 0.1) is 0 Å². The summed E-state index contributed by atoms with van der Waals surface area (Å²) in [5.41, 5.74) is 2.53. The zero-order valence-electron chi connectivity index (χ0n) is 15.8. The molecule has 3 aromatic rings. The first-order valence-corrected chi connectivity index (χ1v) is 9.59. The highest BCUT2D eigenvalue weighted by molar-refractivity contribution is 5.85. The summed E-state index contributed by atoms with van der Waals surface area (Å²) < 4.78 is 5.34. The molecule has 4 heteroatoms. The van der Waals surface area contributed by atoms with Crippen LogP contribution in [0.5, 0.6) is 0 Å². The Labute approximate surface area is 160 Å². The van der Waals surface area contributed by atoms with E-state index < -0.39 is 0 Å². The summed E-state index contributed by atoms with van der Waals surface area (Å²) in [6.07, 6.45) is 5.62. The van der Waals surface area contributed by atoms with Gasteiger partial charge in [-0.3, -0.25) is 5.01 Å². The molecule has 0 aliphatic carbocycles. The van der Waals surface area contributed by atoms with Crippen molar-refractivity contribution in [2.24, 2.45) is 5.10 Å². The van der Waals surface area contributed by atoms with E-state index in [4.69, 9.17) is 4.42 Å². The highest BCUT2D eigenvalue weighted by Crippen LogP contribution is 2.17. The van der Waals surface area contributed by atoms with Crippen molar-refractivity contribution in [1.29, 1.82) is 0 Å². The van der Waals surface area contributed by atoms with Gasteiger partial charge in [0.25, 0.3) is 0 Å². The monoisotopic (exact) mass is 360 g/mol. The molecule has 0 bridgehead atoms. The second-order valence-corrected chi connectivity index (χ2v) is 7.17. The Balaban J connectivity index is 1.33. The number of hydrogen-bond donors (Lipinski definition) is 1. The Bertz CT molecular complexity index is 930. The average Bonchev–Trinajstić information content (AvgIpc) is 3.21. The van der Waals surface area contributed by atoms with Crippen molar-refractivity contribution in [1.82, 2.24) is 5.01 Å². The van der Waals surface area contributed by atoms with Crippen LogP contribution in [-0.2, 0) is 6.54 Å². The molecule has 4 rings (SSSR count). The predicted octanol–water partition coefficient (Wildman–Crippen LogP) is 3.22. The van der Waals surface area contributed by atoms with E-state index in [1.165, 1.54) is 16.3 Å². The van der Waals surface area contributed by atoms with Crippen LogP contribution >= 0.6 is 0 Å². The third-order valence-corrected chi connectivity index (χ3v) is 5.11. The van der Waals surface area contributed by atoms with Gasteiger partial charge in [0.05, 0.1) is 38.7 Å². The molecular formula is C23H26N3O+. The Morgan fingerprint density at radius 3 is 2.70 bits per heavy atom. The van der Waals surface area contributed by atoms with Crippen molar-refractivity contribution >= 4 is 23.1 Å². The molecule has 0 saturated carbocycles. The fourth-order valence-electron chi connectivity index (χ4n) is 3.63. The Morgan fingerprint density at radius 2 is 1.89 bits per heavy atom. The SMILES string of the molecule is CC(/C=N\N1CC[NH+](Cc2cccc3ccccc23)CC1)=C/c1ccco1. The summed E-state index contributed by atoms with van der Waals surface area (Å²) >= 11 is 0. The number of benzene rings is 2.